The highest BCUT2D eigenvalue weighted by Gasteiger charge is 2.29. The van der Waals surface area contributed by atoms with Crippen LogP contribution in [0, 0.1) is 13.8 Å². The number of benzene rings is 2. The van der Waals surface area contributed by atoms with Gasteiger partial charge in [0.05, 0.1) is 5.69 Å². The topological polar surface area (TPSA) is 67.9 Å². The molecule has 2 aromatic rings. The molecule has 1 aliphatic rings. The Kier molecular flexibility index (Phi) is 4.84. The van der Waals surface area contributed by atoms with Crippen molar-refractivity contribution in [1.82, 2.24) is 0 Å². The fraction of sp³-hybridized carbons (Fsp3) is 0.300. The van der Waals surface area contributed by atoms with Gasteiger partial charge in [-0.2, -0.15) is 0 Å². The lowest BCUT2D eigenvalue weighted by Gasteiger charge is -2.30. The monoisotopic (exact) mass is 354 g/mol. The molecule has 0 radical (unpaired) electrons. The molecule has 0 bridgehead atoms. The standard InChI is InChI=1S/C20H22N2O4/c1-12-6-5-7-17(13(12)2)25-11-19(23)21-15-8-9-18-16(10-15)22(4)20(24)14(3)26-18/h5-10,14H,11H2,1-4H3,(H,21,23)/t14-/m0/s1. The quantitative estimate of drug-likeness (QED) is 0.916. The van der Waals surface area contributed by atoms with E-state index >= 15 is 0 Å². The molecule has 6 heteroatoms. The third-order valence-corrected chi connectivity index (χ3v) is 4.50. The van der Waals surface area contributed by atoms with Gasteiger partial charge in [0.1, 0.15) is 11.5 Å². The third kappa shape index (κ3) is 3.49. The van der Waals surface area contributed by atoms with Crippen molar-refractivity contribution < 1.29 is 19.1 Å². The average Bonchev–Trinajstić information content (AvgIpc) is 2.62. The van der Waals surface area contributed by atoms with E-state index in [9.17, 15) is 9.59 Å². The van der Waals surface area contributed by atoms with Crippen LogP contribution in [0.15, 0.2) is 36.4 Å². The van der Waals surface area contributed by atoms with Crippen molar-refractivity contribution in [3.8, 4) is 11.5 Å². The van der Waals surface area contributed by atoms with E-state index in [2.05, 4.69) is 5.32 Å². The van der Waals surface area contributed by atoms with E-state index in [0.717, 1.165) is 11.1 Å². The van der Waals surface area contributed by atoms with Crippen LogP contribution < -0.4 is 19.7 Å². The van der Waals surface area contributed by atoms with Crippen LogP contribution in [0.3, 0.4) is 0 Å². The smallest absolute Gasteiger partial charge is 0.267 e. The fourth-order valence-corrected chi connectivity index (χ4v) is 2.81. The maximum atomic E-state index is 12.2. The number of ether oxygens (including phenoxy) is 2. The van der Waals surface area contributed by atoms with E-state index in [1.807, 2.05) is 32.0 Å². The zero-order valence-electron chi connectivity index (χ0n) is 15.3. The van der Waals surface area contributed by atoms with Gasteiger partial charge in [0.15, 0.2) is 12.7 Å². The van der Waals surface area contributed by atoms with Crippen LogP contribution in [0.5, 0.6) is 11.5 Å². The fourth-order valence-electron chi connectivity index (χ4n) is 2.81. The minimum Gasteiger partial charge on any atom is -0.483 e. The molecule has 3 rings (SSSR count). The van der Waals surface area contributed by atoms with E-state index in [1.54, 1.807) is 32.2 Å². The van der Waals surface area contributed by atoms with E-state index in [0.29, 0.717) is 22.9 Å². The van der Waals surface area contributed by atoms with Crippen molar-refractivity contribution in [2.24, 2.45) is 0 Å². The Bertz CT molecular complexity index is 863. The van der Waals surface area contributed by atoms with Gasteiger partial charge in [-0.15, -0.1) is 0 Å². The minimum absolute atomic E-state index is 0.0936. The minimum atomic E-state index is -0.515. The Morgan fingerprint density at radius 2 is 2.04 bits per heavy atom. The predicted octanol–water partition coefficient (Wildman–Crippen LogP) is 3.06. The van der Waals surface area contributed by atoms with Gasteiger partial charge < -0.3 is 19.7 Å². The summed E-state index contributed by atoms with van der Waals surface area (Å²) in [5.41, 5.74) is 3.33. The number of fused-ring (bicyclic) bond motifs is 1. The van der Waals surface area contributed by atoms with Crippen LogP contribution in [0.25, 0.3) is 0 Å². The van der Waals surface area contributed by atoms with Gasteiger partial charge in [-0.05, 0) is 56.2 Å². The highest BCUT2D eigenvalue weighted by atomic mass is 16.5. The van der Waals surface area contributed by atoms with Gasteiger partial charge in [0, 0.05) is 12.7 Å². The molecule has 2 aromatic carbocycles. The number of nitrogens with zero attached hydrogens (tertiary/aromatic N) is 1. The summed E-state index contributed by atoms with van der Waals surface area (Å²) < 4.78 is 11.2. The summed E-state index contributed by atoms with van der Waals surface area (Å²) in [7, 11) is 1.69. The van der Waals surface area contributed by atoms with Crippen molar-refractivity contribution in [3.05, 3.63) is 47.5 Å². The number of hydrogen-bond donors (Lipinski definition) is 1. The molecular weight excluding hydrogens is 332 g/mol. The molecule has 0 spiro atoms. The molecule has 0 fully saturated rings. The largest absolute Gasteiger partial charge is 0.483 e. The summed E-state index contributed by atoms with van der Waals surface area (Å²) in [4.78, 5) is 25.8. The van der Waals surface area contributed by atoms with Crippen LogP contribution in [0.2, 0.25) is 0 Å². The molecule has 1 aliphatic heterocycles. The second-order valence-electron chi connectivity index (χ2n) is 6.37. The molecule has 0 unspecified atom stereocenters. The first kappa shape index (κ1) is 17.8. The molecule has 6 nitrogen and oxygen atoms in total. The number of amides is 2. The van der Waals surface area contributed by atoms with E-state index in [4.69, 9.17) is 9.47 Å². The van der Waals surface area contributed by atoms with E-state index in [-0.39, 0.29) is 18.4 Å². The van der Waals surface area contributed by atoms with E-state index < -0.39 is 6.10 Å². The molecule has 1 atom stereocenters. The van der Waals surface area contributed by atoms with Crippen molar-refractivity contribution in [2.45, 2.75) is 26.9 Å². The van der Waals surface area contributed by atoms with Crippen LogP contribution in [0.4, 0.5) is 11.4 Å². The van der Waals surface area contributed by atoms with Crippen LogP contribution in [-0.2, 0) is 9.59 Å². The summed E-state index contributed by atoms with van der Waals surface area (Å²) in [6.07, 6.45) is -0.515. The second kappa shape index (κ2) is 7.07. The first-order chi connectivity index (χ1) is 12.4. The van der Waals surface area contributed by atoms with Gasteiger partial charge in [0.2, 0.25) is 0 Å². The number of rotatable bonds is 4. The number of carbonyl (C=O) groups excluding carboxylic acids is 2. The number of hydrogen-bond acceptors (Lipinski definition) is 4. The number of aryl methyl sites for hydroxylation is 1. The zero-order valence-corrected chi connectivity index (χ0v) is 15.3. The molecule has 136 valence electrons. The summed E-state index contributed by atoms with van der Waals surface area (Å²) in [5.74, 6) is 0.909. The van der Waals surface area contributed by atoms with E-state index in [1.165, 1.54) is 4.90 Å². The van der Waals surface area contributed by atoms with Crippen molar-refractivity contribution in [3.63, 3.8) is 0 Å². The Hall–Kier alpha value is -3.02. The second-order valence-corrected chi connectivity index (χ2v) is 6.37. The molecule has 0 saturated heterocycles. The molecule has 0 saturated carbocycles. The molecule has 26 heavy (non-hydrogen) atoms. The summed E-state index contributed by atoms with van der Waals surface area (Å²) in [6.45, 7) is 5.57. The lowest BCUT2D eigenvalue weighted by molar-refractivity contribution is -0.125. The van der Waals surface area contributed by atoms with Gasteiger partial charge in [-0.1, -0.05) is 12.1 Å². The van der Waals surface area contributed by atoms with Crippen LogP contribution >= 0.6 is 0 Å². The molecule has 0 aromatic heterocycles. The zero-order chi connectivity index (χ0) is 18.8. The van der Waals surface area contributed by atoms with Crippen molar-refractivity contribution >= 4 is 23.2 Å². The van der Waals surface area contributed by atoms with Crippen molar-refractivity contribution in [2.75, 3.05) is 23.9 Å². The Morgan fingerprint density at radius 1 is 1.27 bits per heavy atom. The number of carbonyl (C=O) groups is 2. The first-order valence-corrected chi connectivity index (χ1v) is 8.44. The number of likely N-dealkylation sites (N-methyl/N-ethyl adjacent to an activating group) is 1. The summed E-state index contributed by atoms with van der Waals surface area (Å²) in [5, 5.41) is 2.79. The lowest BCUT2D eigenvalue weighted by Crippen LogP contribution is -2.42. The number of anilines is 2. The highest BCUT2D eigenvalue weighted by molar-refractivity contribution is 6.00. The SMILES string of the molecule is Cc1cccc(OCC(=O)Nc2ccc3c(c2)N(C)C(=O)[C@H](C)O3)c1C. The van der Waals surface area contributed by atoms with Crippen molar-refractivity contribution in [1.29, 1.82) is 0 Å². The van der Waals surface area contributed by atoms with Gasteiger partial charge in [0.25, 0.3) is 11.8 Å². The number of nitrogens with one attached hydrogen (secondary N) is 1. The average molecular weight is 354 g/mol. The lowest BCUT2D eigenvalue weighted by atomic mass is 10.1. The predicted molar refractivity (Wildman–Crippen MR) is 100.0 cm³/mol. The Morgan fingerprint density at radius 3 is 2.81 bits per heavy atom. The molecule has 2 amide bonds. The Balaban J connectivity index is 1.67. The van der Waals surface area contributed by atoms with Gasteiger partial charge in [-0.3, -0.25) is 9.59 Å². The van der Waals surface area contributed by atoms with Crippen LogP contribution in [-0.4, -0.2) is 31.6 Å². The molecule has 1 heterocycles. The summed E-state index contributed by atoms with van der Waals surface area (Å²) in [6, 6.07) is 10.9. The van der Waals surface area contributed by atoms with Crippen LogP contribution in [0.1, 0.15) is 18.1 Å². The van der Waals surface area contributed by atoms with Gasteiger partial charge >= 0.3 is 0 Å². The summed E-state index contributed by atoms with van der Waals surface area (Å²) >= 11 is 0. The maximum Gasteiger partial charge on any atom is 0.267 e. The third-order valence-electron chi connectivity index (χ3n) is 4.50. The maximum absolute atomic E-state index is 12.2. The van der Waals surface area contributed by atoms with Gasteiger partial charge in [-0.25, -0.2) is 0 Å². The highest BCUT2D eigenvalue weighted by Crippen LogP contribution is 2.35. The Labute approximate surface area is 152 Å². The molecular formula is C20H22N2O4. The molecule has 0 aliphatic carbocycles. The molecule has 1 N–H and O–H groups in total. The first-order valence-electron chi connectivity index (χ1n) is 8.44. The normalized spacial score (nSPS) is 15.9.